The van der Waals surface area contributed by atoms with Crippen molar-refractivity contribution in [2.75, 3.05) is 0 Å². The normalized spacial score (nSPS) is 27.0. The Morgan fingerprint density at radius 3 is 2.00 bits per heavy atom. The first kappa shape index (κ1) is 15.2. The van der Waals surface area contributed by atoms with Crippen LogP contribution in [-0.2, 0) is 10.3 Å². The molecular weight excluding hydrogens is 292 g/mol. The minimum absolute atomic E-state index is 0.307. The minimum atomic E-state index is -1.24. The second kappa shape index (κ2) is 5.81. The van der Waals surface area contributed by atoms with Crippen LogP contribution >= 0.6 is 12.6 Å². The summed E-state index contributed by atoms with van der Waals surface area (Å²) in [5.74, 6) is 2.53. The van der Waals surface area contributed by atoms with Gasteiger partial charge in [0.15, 0.2) is 0 Å². The van der Waals surface area contributed by atoms with Crippen molar-refractivity contribution < 1.29 is 9.84 Å². The molecule has 2 atom stereocenters. The van der Waals surface area contributed by atoms with Crippen LogP contribution in [0.5, 0.6) is 0 Å². The molecule has 0 amide bonds. The molecule has 3 heteroatoms. The molecule has 2 unspecified atom stereocenters. The van der Waals surface area contributed by atoms with E-state index >= 15 is 0 Å². The number of aliphatic hydroxyl groups is 1. The number of thiol groups is 1. The summed E-state index contributed by atoms with van der Waals surface area (Å²) in [6, 6.07) is 19.7. The lowest BCUT2D eigenvalue weighted by molar-refractivity contribution is -0.136. The smallest absolute Gasteiger partial charge is 0.131 e. The van der Waals surface area contributed by atoms with Gasteiger partial charge < -0.3 is 9.84 Å². The Balaban J connectivity index is 2.18. The third-order valence-electron chi connectivity index (χ3n) is 4.14. The van der Waals surface area contributed by atoms with Gasteiger partial charge in [-0.05, 0) is 11.1 Å². The van der Waals surface area contributed by atoms with Gasteiger partial charge in [0.05, 0.1) is 0 Å². The highest BCUT2D eigenvalue weighted by molar-refractivity contribution is 7.80. The number of hydrogen-bond acceptors (Lipinski definition) is 3. The van der Waals surface area contributed by atoms with Crippen molar-refractivity contribution in [3.8, 4) is 12.3 Å². The quantitative estimate of drug-likeness (QED) is 0.658. The van der Waals surface area contributed by atoms with Crippen molar-refractivity contribution in [3.05, 3.63) is 71.8 Å². The fourth-order valence-corrected chi connectivity index (χ4v) is 3.60. The maximum Gasteiger partial charge on any atom is 0.131 e. The van der Waals surface area contributed by atoms with E-state index in [1.165, 1.54) is 0 Å². The third kappa shape index (κ3) is 2.66. The zero-order valence-electron chi connectivity index (χ0n) is 12.1. The molecule has 1 saturated heterocycles. The van der Waals surface area contributed by atoms with Gasteiger partial charge in [0.1, 0.15) is 16.6 Å². The van der Waals surface area contributed by atoms with E-state index in [4.69, 9.17) is 11.2 Å². The van der Waals surface area contributed by atoms with Gasteiger partial charge >= 0.3 is 0 Å². The molecule has 1 N–H and O–H groups in total. The number of ether oxygens (including phenoxy) is 1. The summed E-state index contributed by atoms with van der Waals surface area (Å²) in [5, 5.41) is 10.7. The number of benzene rings is 2. The highest BCUT2D eigenvalue weighted by atomic mass is 32.1. The molecule has 0 spiro atoms. The van der Waals surface area contributed by atoms with Crippen molar-refractivity contribution in [3.63, 3.8) is 0 Å². The fraction of sp³-hybridized carbons (Fsp3) is 0.263. The van der Waals surface area contributed by atoms with Crippen LogP contribution in [0.2, 0.25) is 0 Å². The molecular formula is C19H18O2S. The van der Waals surface area contributed by atoms with Crippen LogP contribution in [0.25, 0.3) is 0 Å². The van der Waals surface area contributed by atoms with Gasteiger partial charge in [-0.3, -0.25) is 0 Å². The van der Waals surface area contributed by atoms with E-state index in [1.54, 1.807) is 0 Å². The molecule has 2 aromatic carbocycles. The van der Waals surface area contributed by atoms with Crippen LogP contribution in [-0.4, -0.2) is 16.1 Å². The fourth-order valence-electron chi connectivity index (χ4n) is 3.12. The Morgan fingerprint density at radius 2 is 1.55 bits per heavy atom. The summed E-state index contributed by atoms with van der Waals surface area (Å²) in [5.41, 5.74) is -0.539. The van der Waals surface area contributed by atoms with Gasteiger partial charge in [0.25, 0.3) is 0 Å². The Morgan fingerprint density at radius 1 is 1.05 bits per heavy atom. The van der Waals surface area contributed by atoms with Crippen LogP contribution in [0.4, 0.5) is 0 Å². The molecule has 22 heavy (non-hydrogen) atoms. The lowest BCUT2D eigenvalue weighted by Gasteiger charge is -2.46. The van der Waals surface area contributed by atoms with Crippen molar-refractivity contribution in [1.82, 2.24) is 0 Å². The highest BCUT2D eigenvalue weighted by Gasteiger charge is 2.49. The molecule has 0 bridgehead atoms. The summed E-state index contributed by atoms with van der Waals surface area (Å²) < 4.78 is 6.25. The van der Waals surface area contributed by atoms with E-state index < -0.39 is 16.6 Å². The largest absolute Gasteiger partial charge is 0.377 e. The van der Waals surface area contributed by atoms with Crippen molar-refractivity contribution >= 4 is 12.6 Å². The van der Waals surface area contributed by atoms with Gasteiger partial charge in [0, 0.05) is 12.8 Å². The molecule has 1 aliphatic heterocycles. The maximum atomic E-state index is 10.7. The average Bonchev–Trinajstić information content (AvgIpc) is 2.55. The van der Waals surface area contributed by atoms with E-state index in [0.29, 0.717) is 12.8 Å². The van der Waals surface area contributed by atoms with Gasteiger partial charge in [-0.25, -0.2) is 0 Å². The number of rotatable bonds is 2. The van der Waals surface area contributed by atoms with E-state index in [9.17, 15) is 5.11 Å². The van der Waals surface area contributed by atoms with Gasteiger partial charge in [-0.1, -0.05) is 66.6 Å². The van der Waals surface area contributed by atoms with Gasteiger partial charge in [-0.15, -0.1) is 19.1 Å². The standard InChI is InChI=1S/C19H18O2S/c1-2-18(20)13-17(22)21-19(14-18,15-9-5-3-6-10-15)16-11-7-4-8-12-16/h1,3-12,17,20,22H,13-14H2. The maximum absolute atomic E-state index is 10.7. The van der Waals surface area contributed by atoms with Crippen LogP contribution in [0.15, 0.2) is 60.7 Å². The first-order chi connectivity index (χ1) is 10.6. The van der Waals surface area contributed by atoms with Gasteiger partial charge in [0.2, 0.25) is 0 Å². The van der Waals surface area contributed by atoms with E-state index in [1.807, 2.05) is 60.7 Å². The molecule has 0 saturated carbocycles. The van der Waals surface area contributed by atoms with E-state index in [-0.39, 0.29) is 0 Å². The molecule has 1 heterocycles. The SMILES string of the molecule is C#CC1(O)CC(S)OC(c2ccccc2)(c2ccccc2)C1. The molecule has 1 aliphatic rings. The number of hydrogen-bond donors (Lipinski definition) is 2. The van der Waals surface area contributed by atoms with Crippen LogP contribution in [0.3, 0.4) is 0 Å². The van der Waals surface area contributed by atoms with E-state index in [2.05, 4.69) is 18.5 Å². The predicted molar refractivity (Wildman–Crippen MR) is 90.5 cm³/mol. The van der Waals surface area contributed by atoms with Crippen LogP contribution in [0.1, 0.15) is 24.0 Å². The molecule has 112 valence electrons. The Labute approximate surface area is 136 Å². The first-order valence-electron chi connectivity index (χ1n) is 7.25. The zero-order valence-corrected chi connectivity index (χ0v) is 13.0. The van der Waals surface area contributed by atoms with Crippen LogP contribution in [0, 0.1) is 12.3 Å². The van der Waals surface area contributed by atoms with E-state index in [0.717, 1.165) is 11.1 Å². The minimum Gasteiger partial charge on any atom is -0.377 e. The topological polar surface area (TPSA) is 29.5 Å². The number of terminal acetylenes is 1. The molecule has 2 aromatic rings. The second-order valence-corrected chi connectivity index (χ2v) is 6.26. The van der Waals surface area contributed by atoms with Crippen molar-refractivity contribution in [2.45, 2.75) is 29.5 Å². The summed E-state index contributed by atoms with van der Waals surface area (Å²) in [7, 11) is 0. The summed E-state index contributed by atoms with van der Waals surface area (Å²) in [6.45, 7) is 0. The summed E-state index contributed by atoms with van der Waals surface area (Å²) >= 11 is 4.46. The third-order valence-corrected chi connectivity index (χ3v) is 4.43. The lowest BCUT2D eigenvalue weighted by Crippen LogP contribution is -2.49. The van der Waals surface area contributed by atoms with Crippen molar-refractivity contribution in [1.29, 1.82) is 0 Å². The van der Waals surface area contributed by atoms with Crippen LogP contribution < -0.4 is 0 Å². The molecule has 0 aromatic heterocycles. The first-order valence-corrected chi connectivity index (χ1v) is 7.77. The predicted octanol–water partition coefficient (Wildman–Crippen LogP) is 3.36. The monoisotopic (exact) mass is 310 g/mol. The molecule has 2 nitrogen and oxygen atoms in total. The molecule has 1 fully saturated rings. The summed E-state index contributed by atoms with van der Waals surface area (Å²) in [6.07, 6.45) is 6.21. The highest BCUT2D eigenvalue weighted by Crippen LogP contribution is 2.47. The molecule has 0 aliphatic carbocycles. The second-order valence-electron chi connectivity index (χ2n) is 5.69. The summed E-state index contributed by atoms with van der Waals surface area (Å²) in [4.78, 5) is 0. The zero-order chi connectivity index (χ0) is 15.6. The van der Waals surface area contributed by atoms with Gasteiger partial charge in [-0.2, -0.15) is 0 Å². The Hall–Kier alpha value is -1.73. The van der Waals surface area contributed by atoms with Crippen molar-refractivity contribution in [2.24, 2.45) is 0 Å². The lowest BCUT2D eigenvalue weighted by atomic mass is 9.74. The Bertz CT molecular complexity index is 638. The molecule has 0 radical (unpaired) electrons. The average molecular weight is 310 g/mol. The Kier molecular flexibility index (Phi) is 4.01. The molecule has 3 rings (SSSR count).